The summed E-state index contributed by atoms with van der Waals surface area (Å²) in [6.45, 7) is 4.01. The minimum absolute atomic E-state index is 0.192. The second kappa shape index (κ2) is 7.37. The first-order valence-corrected chi connectivity index (χ1v) is 7.58. The standard InChI is InChI=1S/C16H20ClN3O3/c1-10(23-13-7-5-12(17)6-8-13)9-18-15(21)14-11(2)19-20(3)16(14)22-4/h5-8,10H,9H2,1-4H3,(H,18,21). The molecule has 0 aliphatic carbocycles. The molecular formula is C16H20ClN3O3. The van der Waals surface area contributed by atoms with Gasteiger partial charge in [-0.05, 0) is 38.1 Å². The van der Waals surface area contributed by atoms with E-state index in [1.807, 2.05) is 6.92 Å². The Kier molecular flexibility index (Phi) is 5.50. The predicted octanol–water partition coefficient (Wildman–Crippen LogP) is 2.59. The van der Waals surface area contributed by atoms with Crippen LogP contribution in [0.1, 0.15) is 23.0 Å². The van der Waals surface area contributed by atoms with E-state index in [0.29, 0.717) is 34.5 Å². The first-order chi connectivity index (χ1) is 10.9. The quantitative estimate of drug-likeness (QED) is 0.880. The average Bonchev–Trinajstić information content (AvgIpc) is 2.80. The molecule has 0 saturated carbocycles. The highest BCUT2D eigenvalue weighted by molar-refractivity contribution is 6.30. The van der Waals surface area contributed by atoms with Crippen LogP contribution in [0.5, 0.6) is 11.6 Å². The number of nitrogens with zero attached hydrogens (tertiary/aromatic N) is 2. The van der Waals surface area contributed by atoms with Crippen molar-refractivity contribution in [2.24, 2.45) is 7.05 Å². The van der Waals surface area contributed by atoms with Crippen molar-refractivity contribution < 1.29 is 14.3 Å². The Morgan fingerprint density at radius 3 is 2.65 bits per heavy atom. The Morgan fingerprint density at radius 1 is 1.39 bits per heavy atom. The first-order valence-electron chi connectivity index (χ1n) is 7.20. The minimum Gasteiger partial charge on any atom is -0.489 e. The summed E-state index contributed by atoms with van der Waals surface area (Å²) in [5, 5.41) is 7.68. The molecule has 1 amide bonds. The van der Waals surface area contributed by atoms with Crippen molar-refractivity contribution in [3.05, 3.63) is 40.5 Å². The zero-order valence-electron chi connectivity index (χ0n) is 13.6. The molecule has 0 bridgehead atoms. The molecule has 1 heterocycles. The molecule has 1 unspecified atom stereocenters. The fourth-order valence-corrected chi connectivity index (χ4v) is 2.37. The molecule has 0 radical (unpaired) electrons. The number of methoxy groups -OCH3 is 1. The van der Waals surface area contributed by atoms with Crippen LogP contribution in [0.15, 0.2) is 24.3 Å². The van der Waals surface area contributed by atoms with Crippen LogP contribution >= 0.6 is 11.6 Å². The van der Waals surface area contributed by atoms with Gasteiger partial charge in [-0.1, -0.05) is 11.6 Å². The molecule has 1 N–H and O–H groups in total. The van der Waals surface area contributed by atoms with Gasteiger partial charge in [-0.3, -0.25) is 4.79 Å². The fraction of sp³-hybridized carbons (Fsp3) is 0.375. The van der Waals surface area contributed by atoms with Gasteiger partial charge in [-0.2, -0.15) is 5.10 Å². The van der Waals surface area contributed by atoms with Crippen molar-refractivity contribution in [3.8, 4) is 11.6 Å². The van der Waals surface area contributed by atoms with E-state index in [2.05, 4.69) is 10.4 Å². The molecule has 2 rings (SSSR count). The van der Waals surface area contributed by atoms with Crippen LogP contribution in [0, 0.1) is 6.92 Å². The van der Waals surface area contributed by atoms with Gasteiger partial charge in [0.15, 0.2) is 0 Å². The van der Waals surface area contributed by atoms with Crippen LogP contribution in [0.4, 0.5) is 0 Å². The molecule has 124 valence electrons. The maximum absolute atomic E-state index is 12.3. The van der Waals surface area contributed by atoms with E-state index in [-0.39, 0.29) is 12.0 Å². The Bertz CT molecular complexity index is 683. The van der Waals surface area contributed by atoms with E-state index in [4.69, 9.17) is 21.1 Å². The summed E-state index contributed by atoms with van der Waals surface area (Å²) in [5.41, 5.74) is 1.06. The zero-order valence-corrected chi connectivity index (χ0v) is 14.3. The Hall–Kier alpha value is -2.21. The van der Waals surface area contributed by atoms with Crippen molar-refractivity contribution in [2.75, 3.05) is 13.7 Å². The van der Waals surface area contributed by atoms with Gasteiger partial charge in [0.05, 0.1) is 19.3 Å². The van der Waals surface area contributed by atoms with Crippen LogP contribution < -0.4 is 14.8 Å². The van der Waals surface area contributed by atoms with Crippen molar-refractivity contribution in [1.29, 1.82) is 0 Å². The smallest absolute Gasteiger partial charge is 0.258 e. The maximum atomic E-state index is 12.3. The van der Waals surface area contributed by atoms with E-state index in [0.717, 1.165) is 0 Å². The summed E-state index contributed by atoms with van der Waals surface area (Å²) in [7, 11) is 3.24. The summed E-state index contributed by atoms with van der Waals surface area (Å²) in [6.07, 6.45) is -0.192. The summed E-state index contributed by atoms with van der Waals surface area (Å²) in [6, 6.07) is 7.09. The number of hydrogen-bond acceptors (Lipinski definition) is 4. The molecule has 1 atom stereocenters. The number of rotatable bonds is 6. The number of amides is 1. The van der Waals surface area contributed by atoms with E-state index < -0.39 is 0 Å². The third-order valence-electron chi connectivity index (χ3n) is 3.29. The van der Waals surface area contributed by atoms with Gasteiger partial charge < -0.3 is 14.8 Å². The lowest BCUT2D eigenvalue weighted by Gasteiger charge is -2.15. The first kappa shape index (κ1) is 17.1. The normalized spacial score (nSPS) is 11.9. The van der Waals surface area contributed by atoms with Crippen molar-refractivity contribution in [1.82, 2.24) is 15.1 Å². The second-order valence-corrected chi connectivity index (χ2v) is 5.62. The predicted molar refractivity (Wildman–Crippen MR) is 88.4 cm³/mol. The molecule has 0 aliphatic heterocycles. The summed E-state index contributed by atoms with van der Waals surface area (Å²) < 4.78 is 12.5. The van der Waals surface area contributed by atoms with Crippen LogP contribution in [0.2, 0.25) is 5.02 Å². The highest BCUT2D eigenvalue weighted by atomic mass is 35.5. The van der Waals surface area contributed by atoms with Crippen molar-refractivity contribution >= 4 is 17.5 Å². The van der Waals surface area contributed by atoms with Gasteiger partial charge in [0.1, 0.15) is 17.4 Å². The number of hydrogen-bond donors (Lipinski definition) is 1. The Morgan fingerprint density at radius 2 is 2.04 bits per heavy atom. The molecule has 0 fully saturated rings. The van der Waals surface area contributed by atoms with Crippen LogP contribution in [-0.4, -0.2) is 35.4 Å². The number of nitrogens with one attached hydrogen (secondary N) is 1. The molecule has 0 saturated heterocycles. The van der Waals surface area contributed by atoms with Crippen LogP contribution in [0.3, 0.4) is 0 Å². The molecule has 6 nitrogen and oxygen atoms in total. The minimum atomic E-state index is -0.237. The number of aryl methyl sites for hydroxylation is 2. The molecule has 7 heteroatoms. The second-order valence-electron chi connectivity index (χ2n) is 5.19. The molecule has 0 spiro atoms. The van der Waals surface area contributed by atoms with Gasteiger partial charge in [-0.25, -0.2) is 4.68 Å². The van der Waals surface area contributed by atoms with Crippen molar-refractivity contribution in [3.63, 3.8) is 0 Å². The number of carbonyl (C=O) groups excluding carboxylic acids is 1. The summed E-state index contributed by atoms with van der Waals surface area (Å²) in [4.78, 5) is 12.3. The number of carbonyl (C=O) groups is 1. The largest absolute Gasteiger partial charge is 0.489 e. The van der Waals surface area contributed by atoms with Crippen LogP contribution in [0.25, 0.3) is 0 Å². The molecule has 1 aromatic heterocycles. The highest BCUT2D eigenvalue weighted by Gasteiger charge is 2.21. The Labute approximate surface area is 140 Å². The van der Waals surface area contributed by atoms with Crippen LogP contribution in [-0.2, 0) is 7.05 Å². The van der Waals surface area contributed by atoms with Gasteiger partial charge >= 0.3 is 0 Å². The van der Waals surface area contributed by atoms with Gasteiger partial charge in [0, 0.05) is 12.1 Å². The topological polar surface area (TPSA) is 65.4 Å². The maximum Gasteiger partial charge on any atom is 0.258 e. The number of ether oxygens (including phenoxy) is 2. The van der Waals surface area contributed by atoms with E-state index in [1.54, 1.807) is 38.2 Å². The lowest BCUT2D eigenvalue weighted by Crippen LogP contribution is -2.34. The highest BCUT2D eigenvalue weighted by Crippen LogP contribution is 2.20. The van der Waals surface area contributed by atoms with Crippen molar-refractivity contribution in [2.45, 2.75) is 20.0 Å². The summed E-state index contributed by atoms with van der Waals surface area (Å²) in [5.74, 6) is 0.900. The number of aromatic nitrogens is 2. The van der Waals surface area contributed by atoms with E-state index in [9.17, 15) is 4.79 Å². The molecule has 23 heavy (non-hydrogen) atoms. The monoisotopic (exact) mass is 337 g/mol. The van der Waals surface area contributed by atoms with Gasteiger partial charge in [0.25, 0.3) is 5.91 Å². The number of benzene rings is 1. The zero-order chi connectivity index (χ0) is 17.0. The third-order valence-corrected chi connectivity index (χ3v) is 3.54. The number of halogens is 1. The Balaban J connectivity index is 1.95. The molecule has 2 aromatic rings. The van der Waals surface area contributed by atoms with E-state index >= 15 is 0 Å². The third kappa shape index (κ3) is 4.16. The van der Waals surface area contributed by atoms with Gasteiger partial charge in [0.2, 0.25) is 5.88 Å². The SMILES string of the molecule is COc1c(C(=O)NCC(C)Oc2ccc(Cl)cc2)c(C)nn1C. The van der Waals surface area contributed by atoms with Gasteiger partial charge in [-0.15, -0.1) is 0 Å². The van der Waals surface area contributed by atoms with E-state index in [1.165, 1.54) is 11.8 Å². The lowest BCUT2D eigenvalue weighted by molar-refractivity contribution is 0.0928. The lowest BCUT2D eigenvalue weighted by atomic mass is 10.2. The molecule has 0 aliphatic rings. The average molecular weight is 338 g/mol. The molecular weight excluding hydrogens is 318 g/mol. The summed E-state index contributed by atoms with van der Waals surface area (Å²) >= 11 is 5.83. The molecule has 1 aromatic carbocycles. The fourth-order valence-electron chi connectivity index (χ4n) is 2.24.